The molecule has 2 heterocycles. The minimum absolute atomic E-state index is 0.0679. The van der Waals surface area contributed by atoms with Crippen molar-refractivity contribution >= 4 is 29.0 Å². The molecule has 0 aliphatic heterocycles. The summed E-state index contributed by atoms with van der Waals surface area (Å²) in [6.07, 6.45) is 5.51. The van der Waals surface area contributed by atoms with E-state index in [0.29, 0.717) is 12.1 Å². The summed E-state index contributed by atoms with van der Waals surface area (Å²) < 4.78 is 2.02. The van der Waals surface area contributed by atoms with Crippen LogP contribution >= 0.6 is 23.1 Å². The summed E-state index contributed by atoms with van der Waals surface area (Å²) >= 11 is 3.40. The summed E-state index contributed by atoms with van der Waals surface area (Å²) in [7, 11) is 0. The molecule has 2 aromatic heterocycles. The SMILES string of the molecule is Cc1nc(CSc2ccc(C(=O)NCc3cccc(Cn4ccnc4)c3)cc2)cs1. The van der Waals surface area contributed by atoms with E-state index in [9.17, 15) is 4.79 Å². The van der Waals surface area contributed by atoms with Gasteiger partial charge >= 0.3 is 0 Å². The number of hydrogen-bond donors (Lipinski definition) is 1. The van der Waals surface area contributed by atoms with E-state index in [0.717, 1.165) is 33.5 Å². The maximum absolute atomic E-state index is 12.5. The van der Waals surface area contributed by atoms with Crippen LogP contribution in [0, 0.1) is 6.92 Å². The number of aromatic nitrogens is 3. The van der Waals surface area contributed by atoms with Crippen molar-refractivity contribution < 1.29 is 4.79 Å². The molecule has 0 fully saturated rings. The second-order valence-electron chi connectivity index (χ2n) is 6.91. The summed E-state index contributed by atoms with van der Waals surface area (Å²) in [5.41, 5.74) is 4.01. The van der Waals surface area contributed by atoms with Crippen LogP contribution in [0.15, 0.2) is 77.5 Å². The second kappa shape index (κ2) is 9.73. The van der Waals surface area contributed by atoms with E-state index < -0.39 is 0 Å². The van der Waals surface area contributed by atoms with Gasteiger partial charge in [-0.05, 0) is 42.3 Å². The molecular weight excluding hydrogens is 412 g/mol. The van der Waals surface area contributed by atoms with Gasteiger partial charge in [0, 0.05) is 47.1 Å². The molecule has 0 saturated heterocycles. The molecule has 1 amide bonds. The molecule has 0 unspecified atom stereocenters. The number of rotatable bonds is 8. The highest BCUT2D eigenvalue weighted by molar-refractivity contribution is 7.98. The molecule has 1 N–H and O–H groups in total. The van der Waals surface area contributed by atoms with Crippen molar-refractivity contribution in [3.63, 3.8) is 0 Å². The molecule has 152 valence electrons. The zero-order chi connectivity index (χ0) is 20.8. The van der Waals surface area contributed by atoms with Gasteiger partial charge in [0.1, 0.15) is 0 Å². The third-order valence-electron chi connectivity index (χ3n) is 4.54. The Hall–Kier alpha value is -2.90. The minimum Gasteiger partial charge on any atom is -0.348 e. The Kier molecular flexibility index (Phi) is 6.61. The van der Waals surface area contributed by atoms with Crippen LogP contribution in [-0.2, 0) is 18.8 Å². The van der Waals surface area contributed by atoms with Gasteiger partial charge in [-0.25, -0.2) is 9.97 Å². The number of thiazole rings is 1. The molecule has 4 rings (SSSR count). The number of aryl methyl sites for hydroxylation is 1. The van der Waals surface area contributed by atoms with Crippen molar-refractivity contribution in [2.45, 2.75) is 30.7 Å². The van der Waals surface area contributed by atoms with Crippen molar-refractivity contribution in [2.24, 2.45) is 0 Å². The summed E-state index contributed by atoms with van der Waals surface area (Å²) in [5.74, 6) is 0.771. The van der Waals surface area contributed by atoms with Crippen LogP contribution in [-0.4, -0.2) is 20.4 Å². The van der Waals surface area contributed by atoms with Gasteiger partial charge < -0.3 is 9.88 Å². The lowest BCUT2D eigenvalue weighted by Crippen LogP contribution is -2.22. The highest BCUT2D eigenvalue weighted by Crippen LogP contribution is 2.24. The molecule has 0 bridgehead atoms. The Bertz CT molecular complexity index is 1100. The van der Waals surface area contributed by atoms with Gasteiger partial charge in [0.25, 0.3) is 5.91 Å². The molecule has 0 atom stereocenters. The first-order valence-corrected chi connectivity index (χ1v) is 11.5. The molecule has 7 heteroatoms. The Morgan fingerprint density at radius 1 is 1.17 bits per heavy atom. The van der Waals surface area contributed by atoms with Gasteiger partial charge in [-0.1, -0.05) is 24.3 Å². The summed E-state index contributed by atoms with van der Waals surface area (Å²) in [5, 5.41) is 6.19. The summed E-state index contributed by atoms with van der Waals surface area (Å²) in [4.78, 5) is 22.2. The normalized spacial score (nSPS) is 10.8. The van der Waals surface area contributed by atoms with Crippen molar-refractivity contribution in [3.8, 4) is 0 Å². The number of carbonyl (C=O) groups is 1. The molecule has 2 aromatic carbocycles. The van der Waals surface area contributed by atoms with Crippen LogP contribution in [0.3, 0.4) is 0 Å². The van der Waals surface area contributed by atoms with Crippen LogP contribution in [0.5, 0.6) is 0 Å². The average Bonchev–Trinajstić information content (AvgIpc) is 3.43. The first-order valence-electron chi connectivity index (χ1n) is 9.61. The van der Waals surface area contributed by atoms with E-state index in [1.54, 1.807) is 35.6 Å². The Morgan fingerprint density at radius 3 is 2.73 bits per heavy atom. The van der Waals surface area contributed by atoms with Crippen LogP contribution in [0.25, 0.3) is 0 Å². The molecule has 30 heavy (non-hydrogen) atoms. The number of thioether (sulfide) groups is 1. The fourth-order valence-electron chi connectivity index (χ4n) is 3.05. The zero-order valence-corrected chi connectivity index (χ0v) is 18.2. The standard InChI is InChI=1S/C23H22N4OS2/c1-17-26-21(14-29-17)15-30-22-7-5-20(6-8-22)23(28)25-12-18-3-2-4-19(11-18)13-27-10-9-24-16-27/h2-11,14,16H,12-13,15H2,1H3,(H,25,28). The van der Waals surface area contributed by atoms with Gasteiger partial charge in [0.05, 0.1) is 17.0 Å². The fraction of sp³-hybridized carbons (Fsp3) is 0.174. The third kappa shape index (κ3) is 5.58. The van der Waals surface area contributed by atoms with E-state index in [4.69, 9.17) is 0 Å². The van der Waals surface area contributed by atoms with Crippen LogP contribution < -0.4 is 5.32 Å². The summed E-state index contributed by atoms with van der Waals surface area (Å²) in [6.45, 7) is 3.28. The average molecular weight is 435 g/mol. The monoisotopic (exact) mass is 434 g/mol. The fourth-order valence-corrected chi connectivity index (χ4v) is 4.56. The number of imidazole rings is 1. The topological polar surface area (TPSA) is 59.8 Å². The molecule has 5 nitrogen and oxygen atoms in total. The quantitative estimate of drug-likeness (QED) is 0.400. The number of nitrogens with zero attached hydrogens (tertiary/aromatic N) is 3. The summed E-state index contributed by atoms with van der Waals surface area (Å²) in [6, 6.07) is 16.0. The highest BCUT2D eigenvalue weighted by atomic mass is 32.2. The smallest absolute Gasteiger partial charge is 0.251 e. The molecule has 0 spiro atoms. The number of carbonyl (C=O) groups excluding carboxylic acids is 1. The lowest BCUT2D eigenvalue weighted by Gasteiger charge is -2.09. The third-order valence-corrected chi connectivity index (χ3v) is 6.41. The van der Waals surface area contributed by atoms with E-state index in [1.807, 2.05) is 54.1 Å². The number of hydrogen-bond acceptors (Lipinski definition) is 5. The van der Waals surface area contributed by atoms with Crippen molar-refractivity contribution in [1.29, 1.82) is 0 Å². The van der Waals surface area contributed by atoms with Crippen molar-refractivity contribution in [2.75, 3.05) is 0 Å². The molecule has 0 saturated carbocycles. The van der Waals surface area contributed by atoms with E-state index in [-0.39, 0.29) is 5.91 Å². The first-order chi connectivity index (χ1) is 14.7. The van der Waals surface area contributed by atoms with Crippen LogP contribution in [0.1, 0.15) is 32.2 Å². The van der Waals surface area contributed by atoms with Gasteiger partial charge in [0.2, 0.25) is 0 Å². The predicted molar refractivity (Wildman–Crippen MR) is 122 cm³/mol. The van der Waals surface area contributed by atoms with Gasteiger partial charge in [0.15, 0.2) is 0 Å². The maximum Gasteiger partial charge on any atom is 0.251 e. The molecule has 0 aliphatic carbocycles. The first kappa shape index (κ1) is 20.4. The van der Waals surface area contributed by atoms with Crippen molar-refractivity contribution in [3.05, 3.63) is 100 Å². The largest absolute Gasteiger partial charge is 0.348 e. The van der Waals surface area contributed by atoms with Gasteiger partial charge in [-0.2, -0.15) is 0 Å². The molecular formula is C23H22N4OS2. The lowest BCUT2D eigenvalue weighted by atomic mass is 10.1. The minimum atomic E-state index is -0.0679. The maximum atomic E-state index is 12.5. The van der Waals surface area contributed by atoms with Gasteiger partial charge in [-0.3, -0.25) is 4.79 Å². The molecule has 0 radical (unpaired) electrons. The van der Waals surface area contributed by atoms with Crippen molar-refractivity contribution in [1.82, 2.24) is 19.9 Å². The molecule has 0 aliphatic rings. The zero-order valence-electron chi connectivity index (χ0n) is 16.6. The second-order valence-corrected chi connectivity index (χ2v) is 9.02. The Balaban J connectivity index is 1.29. The van der Waals surface area contributed by atoms with E-state index in [2.05, 4.69) is 32.8 Å². The van der Waals surface area contributed by atoms with Gasteiger partial charge in [-0.15, -0.1) is 23.1 Å². The van der Waals surface area contributed by atoms with E-state index >= 15 is 0 Å². The number of benzene rings is 2. The number of amides is 1. The lowest BCUT2D eigenvalue weighted by molar-refractivity contribution is 0.0951. The molecule has 4 aromatic rings. The predicted octanol–water partition coefficient (Wildman–Crippen LogP) is 4.92. The van der Waals surface area contributed by atoms with Crippen LogP contribution in [0.2, 0.25) is 0 Å². The Labute approximate surface area is 184 Å². The van der Waals surface area contributed by atoms with Crippen LogP contribution in [0.4, 0.5) is 0 Å². The highest BCUT2D eigenvalue weighted by Gasteiger charge is 2.07. The Morgan fingerprint density at radius 2 is 2.00 bits per heavy atom. The number of nitrogens with one attached hydrogen (secondary N) is 1. The van der Waals surface area contributed by atoms with E-state index in [1.165, 1.54) is 5.56 Å².